The first kappa shape index (κ1) is 18.0. The maximum Gasteiger partial charge on any atom is 0.338 e. The molecular weight excluding hydrogens is 374 g/mol. The maximum absolute atomic E-state index is 11.8. The highest BCUT2D eigenvalue weighted by Gasteiger charge is 2.15. The molecule has 2 rings (SSSR count). The predicted octanol–water partition coefficient (Wildman–Crippen LogP) is 4.04. The minimum atomic E-state index is -0.866. The van der Waals surface area contributed by atoms with Crippen molar-refractivity contribution in [3.63, 3.8) is 0 Å². The third kappa shape index (κ3) is 4.14. The van der Waals surface area contributed by atoms with Crippen LogP contribution in [0.3, 0.4) is 0 Å². The van der Waals surface area contributed by atoms with Crippen molar-refractivity contribution in [1.29, 1.82) is 0 Å². The number of rotatable bonds is 6. The Balaban J connectivity index is 2.16. The van der Waals surface area contributed by atoms with Crippen molar-refractivity contribution >= 4 is 33.6 Å². The van der Waals surface area contributed by atoms with Crippen molar-refractivity contribution in [3.05, 3.63) is 63.6 Å². The van der Waals surface area contributed by atoms with Gasteiger partial charge in [0.25, 0.3) is 0 Å². The summed E-state index contributed by atoms with van der Waals surface area (Å²) in [5.74, 6) is -1.82. The van der Waals surface area contributed by atoms with Gasteiger partial charge >= 0.3 is 11.9 Å². The van der Waals surface area contributed by atoms with Gasteiger partial charge in [-0.2, -0.15) is 0 Å². The van der Waals surface area contributed by atoms with Crippen molar-refractivity contribution in [3.8, 4) is 0 Å². The molecule has 0 aliphatic rings. The van der Waals surface area contributed by atoms with Gasteiger partial charge in [0.1, 0.15) is 0 Å². The lowest BCUT2D eigenvalue weighted by atomic mass is 10.0. The fourth-order valence-electron chi connectivity index (χ4n) is 2.26. The summed E-state index contributed by atoms with van der Waals surface area (Å²) in [4.78, 5) is 22.8. The van der Waals surface area contributed by atoms with E-state index in [9.17, 15) is 9.59 Å². The number of hydrogen-bond acceptors (Lipinski definition) is 4. The average molecular weight is 392 g/mol. The molecule has 0 fully saturated rings. The van der Waals surface area contributed by atoms with Crippen molar-refractivity contribution < 1.29 is 19.4 Å². The van der Waals surface area contributed by atoms with Crippen LogP contribution in [0.5, 0.6) is 0 Å². The second-order valence-electron chi connectivity index (χ2n) is 5.30. The molecule has 1 atom stereocenters. The Bertz CT molecular complexity index is 760. The Morgan fingerprint density at radius 2 is 1.96 bits per heavy atom. The minimum Gasteiger partial charge on any atom is -0.481 e. The summed E-state index contributed by atoms with van der Waals surface area (Å²) in [6.07, 6.45) is 0. The largest absolute Gasteiger partial charge is 0.481 e. The highest BCUT2D eigenvalue weighted by atomic mass is 79.9. The number of carbonyl (C=O) groups is 2. The monoisotopic (exact) mass is 391 g/mol. The lowest BCUT2D eigenvalue weighted by molar-refractivity contribution is -0.138. The highest BCUT2D eigenvalue weighted by Crippen LogP contribution is 2.28. The number of benzene rings is 2. The van der Waals surface area contributed by atoms with Gasteiger partial charge < -0.3 is 15.2 Å². The molecule has 6 heteroatoms. The van der Waals surface area contributed by atoms with E-state index < -0.39 is 11.9 Å². The van der Waals surface area contributed by atoms with Crippen molar-refractivity contribution in [2.45, 2.75) is 19.4 Å². The van der Waals surface area contributed by atoms with Crippen molar-refractivity contribution in [2.75, 3.05) is 12.4 Å². The molecule has 0 aromatic heterocycles. The number of ether oxygens (including phenoxy) is 1. The predicted molar refractivity (Wildman–Crippen MR) is 95.3 cm³/mol. The zero-order chi connectivity index (χ0) is 17.7. The zero-order valence-electron chi connectivity index (χ0n) is 13.4. The van der Waals surface area contributed by atoms with Crippen LogP contribution in [0.1, 0.15) is 34.3 Å². The van der Waals surface area contributed by atoms with Gasteiger partial charge in [0, 0.05) is 16.7 Å². The quantitative estimate of drug-likeness (QED) is 0.726. The van der Waals surface area contributed by atoms with Crippen LogP contribution in [0.4, 0.5) is 5.69 Å². The van der Waals surface area contributed by atoms with Crippen LogP contribution in [0.25, 0.3) is 0 Å². The molecule has 1 unspecified atom stereocenters. The van der Waals surface area contributed by atoms with Gasteiger partial charge in [-0.1, -0.05) is 24.3 Å². The van der Waals surface area contributed by atoms with E-state index in [1.807, 2.05) is 18.2 Å². The van der Waals surface area contributed by atoms with E-state index in [4.69, 9.17) is 9.84 Å². The lowest BCUT2D eigenvalue weighted by Gasteiger charge is -2.13. The van der Waals surface area contributed by atoms with Crippen LogP contribution < -0.4 is 5.32 Å². The normalized spacial score (nSPS) is 11.6. The fraction of sp³-hybridized carbons (Fsp3) is 0.222. The van der Waals surface area contributed by atoms with Crippen LogP contribution in [0, 0.1) is 0 Å². The number of halogens is 1. The van der Waals surface area contributed by atoms with E-state index in [0.717, 1.165) is 21.3 Å². The van der Waals surface area contributed by atoms with Crippen LogP contribution in [-0.4, -0.2) is 24.2 Å². The number of carboxylic acids is 1. The molecule has 0 spiro atoms. The number of aliphatic carboxylic acids is 1. The summed E-state index contributed by atoms with van der Waals surface area (Å²) in [5.41, 5.74) is 2.87. The molecule has 0 aliphatic heterocycles. The second-order valence-corrected chi connectivity index (χ2v) is 6.16. The van der Waals surface area contributed by atoms with Crippen LogP contribution in [0.2, 0.25) is 0 Å². The van der Waals surface area contributed by atoms with Crippen LogP contribution in [-0.2, 0) is 16.1 Å². The molecule has 2 N–H and O–H groups in total. The zero-order valence-corrected chi connectivity index (χ0v) is 15.0. The average Bonchev–Trinajstić information content (AvgIpc) is 2.59. The van der Waals surface area contributed by atoms with Gasteiger partial charge in [0.15, 0.2) is 0 Å². The van der Waals surface area contributed by atoms with Crippen LogP contribution >= 0.6 is 15.9 Å². The second kappa shape index (κ2) is 7.97. The first-order valence-electron chi connectivity index (χ1n) is 7.36. The highest BCUT2D eigenvalue weighted by molar-refractivity contribution is 9.10. The van der Waals surface area contributed by atoms with E-state index in [0.29, 0.717) is 12.1 Å². The topological polar surface area (TPSA) is 75.6 Å². The molecule has 2 aromatic rings. The Morgan fingerprint density at radius 3 is 2.58 bits per heavy atom. The lowest BCUT2D eigenvalue weighted by Crippen LogP contribution is -2.10. The molecule has 24 heavy (non-hydrogen) atoms. The van der Waals surface area contributed by atoms with Gasteiger partial charge in [-0.25, -0.2) is 4.79 Å². The molecule has 126 valence electrons. The number of nitrogens with one attached hydrogen (secondary N) is 1. The summed E-state index contributed by atoms with van der Waals surface area (Å²) in [5, 5.41) is 12.3. The molecule has 0 aliphatic carbocycles. The van der Waals surface area contributed by atoms with E-state index in [1.54, 1.807) is 31.2 Å². The molecule has 2 aromatic carbocycles. The fourth-order valence-corrected chi connectivity index (χ4v) is 2.80. The smallest absolute Gasteiger partial charge is 0.338 e. The molecule has 0 saturated heterocycles. The Kier molecular flexibility index (Phi) is 5.98. The third-order valence-corrected chi connectivity index (χ3v) is 4.41. The number of hydrogen-bond donors (Lipinski definition) is 2. The first-order valence-corrected chi connectivity index (χ1v) is 8.15. The summed E-state index contributed by atoms with van der Waals surface area (Å²) in [6.45, 7) is 2.08. The molecule has 0 saturated carbocycles. The molecular formula is C18H18BrNO4. The number of esters is 1. The molecule has 5 nitrogen and oxygen atoms in total. The van der Waals surface area contributed by atoms with Gasteiger partial charge in [-0.05, 0) is 52.2 Å². The first-order chi connectivity index (χ1) is 11.4. The van der Waals surface area contributed by atoms with Gasteiger partial charge in [-0.15, -0.1) is 0 Å². The summed E-state index contributed by atoms with van der Waals surface area (Å²) >= 11 is 3.45. The molecule has 0 bridgehead atoms. The van der Waals surface area contributed by atoms with Gasteiger partial charge in [-0.3, -0.25) is 4.79 Å². The Hall–Kier alpha value is -2.34. The Morgan fingerprint density at radius 1 is 1.25 bits per heavy atom. The van der Waals surface area contributed by atoms with Crippen LogP contribution in [0.15, 0.2) is 46.9 Å². The van der Waals surface area contributed by atoms with Crippen molar-refractivity contribution in [1.82, 2.24) is 0 Å². The summed E-state index contributed by atoms with van der Waals surface area (Å²) in [7, 11) is 1.35. The summed E-state index contributed by atoms with van der Waals surface area (Å²) < 4.78 is 5.55. The SMILES string of the molecule is COC(=O)c1ccccc1CNc1ccc(C(C)C(=O)O)cc1Br. The Labute approximate surface area is 148 Å². The summed E-state index contributed by atoms with van der Waals surface area (Å²) in [6, 6.07) is 12.6. The van der Waals surface area contributed by atoms with Crippen molar-refractivity contribution in [2.24, 2.45) is 0 Å². The van der Waals surface area contributed by atoms with E-state index >= 15 is 0 Å². The minimum absolute atomic E-state index is 0.378. The maximum atomic E-state index is 11.8. The molecule has 0 radical (unpaired) electrons. The molecule has 0 amide bonds. The van der Waals surface area contributed by atoms with E-state index in [1.165, 1.54) is 7.11 Å². The van der Waals surface area contributed by atoms with Gasteiger partial charge in [0.2, 0.25) is 0 Å². The number of anilines is 1. The molecule has 0 heterocycles. The number of methoxy groups -OCH3 is 1. The standard InChI is InChI=1S/C18H18BrNO4/c1-11(17(21)22)12-7-8-16(15(19)9-12)20-10-13-5-3-4-6-14(13)18(23)24-2/h3-9,11,20H,10H2,1-2H3,(H,21,22). The van der Waals surface area contributed by atoms with Gasteiger partial charge in [0.05, 0.1) is 18.6 Å². The number of carbonyl (C=O) groups excluding carboxylic acids is 1. The van der Waals surface area contributed by atoms with E-state index in [2.05, 4.69) is 21.2 Å². The third-order valence-electron chi connectivity index (χ3n) is 3.76. The van der Waals surface area contributed by atoms with E-state index in [-0.39, 0.29) is 5.97 Å². The number of carboxylic acid groups (broad SMARTS) is 1.